The summed E-state index contributed by atoms with van der Waals surface area (Å²) in [6.45, 7) is 0. The van der Waals surface area contributed by atoms with Gasteiger partial charge in [0.15, 0.2) is 0 Å². The molecule has 0 aliphatic heterocycles. The van der Waals surface area contributed by atoms with E-state index in [4.69, 9.17) is 0 Å². The van der Waals surface area contributed by atoms with Gasteiger partial charge in [-0.05, 0) is 82.4 Å². The van der Waals surface area contributed by atoms with Crippen LogP contribution in [-0.2, 0) is 0 Å². The zero-order chi connectivity index (χ0) is 35.6. The lowest BCUT2D eigenvalue weighted by Crippen LogP contribution is -1.97. The molecule has 10 rings (SSSR count). The van der Waals surface area contributed by atoms with Crippen molar-refractivity contribution >= 4 is 43.6 Å². The Kier molecular flexibility index (Phi) is 5.84. The number of benzene rings is 8. The highest BCUT2D eigenvalue weighted by atomic mass is 15.0. The van der Waals surface area contributed by atoms with E-state index in [1.165, 1.54) is 0 Å². The van der Waals surface area contributed by atoms with Crippen LogP contribution in [0.25, 0.3) is 88.4 Å². The maximum Gasteiger partial charge on any atom is 0.0645 e. The van der Waals surface area contributed by atoms with Crippen LogP contribution in [0.5, 0.6) is 0 Å². The van der Waals surface area contributed by atoms with E-state index in [1.807, 2.05) is 72.8 Å². The van der Waals surface area contributed by atoms with Crippen molar-refractivity contribution in [3.8, 4) is 44.8 Å². The average molecular weight is 640 g/mol. The summed E-state index contributed by atoms with van der Waals surface area (Å²) < 4.78 is 33.8. The van der Waals surface area contributed by atoms with Gasteiger partial charge in [-0.3, -0.25) is 0 Å². The largest absolute Gasteiger partial charge is 0.309 e. The first-order valence-corrected chi connectivity index (χ1v) is 17.0. The molecule has 0 amide bonds. The fourth-order valence-corrected chi connectivity index (χ4v) is 7.62. The minimum absolute atomic E-state index is 0.0381. The molecule has 0 bridgehead atoms. The summed E-state index contributed by atoms with van der Waals surface area (Å²) in [6.07, 6.45) is 0. The van der Waals surface area contributed by atoms with Crippen LogP contribution in [0.2, 0.25) is 0 Å². The molecular weight excluding hydrogens is 605 g/mol. The van der Waals surface area contributed by atoms with Crippen molar-refractivity contribution in [2.75, 3.05) is 0 Å². The number of hydrogen-bond acceptors (Lipinski definition) is 0. The summed E-state index contributed by atoms with van der Waals surface area (Å²) in [5, 5.41) is 3.71. The van der Waals surface area contributed by atoms with Gasteiger partial charge in [0.05, 0.1) is 31.9 Å². The van der Waals surface area contributed by atoms with Gasteiger partial charge in [-0.15, -0.1) is 0 Å². The van der Waals surface area contributed by atoms with Gasteiger partial charge in [0.1, 0.15) is 0 Å². The van der Waals surface area contributed by atoms with Crippen LogP contribution in [0.3, 0.4) is 0 Å². The fraction of sp³-hybridized carbons (Fsp3) is 0. The molecule has 10 aromatic rings. The molecule has 0 aliphatic carbocycles. The first-order chi connectivity index (χ1) is 26.1. The molecule has 50 heavy (non-hydrogen) atoms. The normalized spacial score (nSPS) is 12.4. The monoisotopic (exact) mass is 639 g/mol. The second-order valence-corrected chi connectivity index (χ2v) is 12.7. The van der Waals surface area contributed by atoms with E-state index >= 15 is 0 Å². The highest BCUT2D eigenvalue weighted by molar-refractivity contribution is 6.17. The highest BCUT2D eigenvalue weighted by Gasteiger charge is 2.20. The lowest BCUT2D eigenvalue weighted by atomic mass is 9.97. The molecule has 234 valence electrons. The Hall–Kier alpha value is -6.64. The Morgan fingerprint density at radius 2 is 0.980 bits per heavy atom. The molecule has 2 heterocycles. The number of para-hydroxylation sites is 3. The lowest BCUT2D eigenvalue weighted by molar-refractivity contribution is 1.18. The second kappa shape index (κ2) is 11.5. The van der Waals surface area contributed by atoms with Crippen molar-refractivity contribution in [2.24, 2.45) is 0 Å². The van der Waals surface area contributed by atoms with Crippen molar-refractivity contribution in [1.82, 2.24) is 9.13 Å². The molecular formula is C48H32N2. The smallest absolute Gasteiger partial charge is 0.0645 e. The van der Waals surface area contributed by atoms with Gasteiger partial charge in [0.2, 0.25) is 0 Å². The molecule has 0 N–H and O–H groups in total. The van der Waals surface area contributed by atoms with Crippen molar-refractivity contribution in [1.29, 1.82) is 0 Å². The Balaban J connectivity index is 1.32. The Bertz CT molecular complexity index is 3020. The van der Waals surface area contributed by atoms with Gasteiger partial charge >= 0.3 is 0 Å². The maximum atomic E-state index is 10.0. The Labute approximate surface area is 294 Å². The highest BCUT2D eigenvalue weighted by Crippen LogP contribution is 2.42. The van der Waals surface area contributed by atoms with E-state index in [2.05, 4.69) is 112 Å². The SMILES string of the molecule is [2H]c1c(-c2ccc3c(c2)c2ccccc2n3-c2ccccc2)c([2H])c2c3c(-c4ccccc4)cccc3n(-c3ccccc3-c3ccccc3)c2c1[2H]. The van der Waals surface area contributed by atoms with E-state index in [0.717, 1.165) is 71.9 Å². The summed E-state index contributed by atoms with van der Waals surface area (Å²) in [4.78, 5) is 0. The van der Waals surface area contributed by atoms with E-state index in [0.29, 0.717) is 16.5 Å². The first kappa shape index (κ1) is 25.4. The molecule has 0 saturated carbocycles. The van der Waals surface area contributed by atoms with E-state index in [-0.39, 0.29) is 18.1 Å². The van der Waals surface area contributed by atoms with Crippen molar-refractivity contribution in [3.05, 3.63) is 194 Å². The zero-order valence-electron chi connectivity index (χ0n) is 30.1. The van der Waals surface area contributed by atoms with Crippen LogP contribution < -0.4 is 0 Å². The van der Waals surface area contributed by atoms with Crippen molar-refractivity contribution in [3.63, 3.8) is 0 Å². The van der Waals surface area contributed by atoms with Gasteiger partial charge in [-0.1, -0.05) is 140 Å². The van der Waals surface area contributed by atoms with Crippen LogP contribution in [0.15, 0.2) is 194 Å². The molecule has 2 heteroatoms. The summed E-state index contributed by atoms with van der Waals surface area (Å²) >= 11 is 0. The third-order valence-electron chi connectivity index (χ3n) is 9.84. The summed E-state index contributed by atoms with van der Waals surface area (Å²) in [6, 6.07) is 60.3. The molecule has 0 unspecified atom stereocenters. The number of aromatic nitrogens is 2. The zero-order valence-corrected chi connectivity index (χ0v) is 27.1. The molecule has 2 nitrogen and oxygen atoms in total. The number of rotatable bonds is 5. The average Bonchev–Trinajstić information content (AvgIpc) is 3.75. The molecule has 0 atom stereocenters. The minimum Gasteiger partial charge on any atom is -0.309 e. The van der Waals surface area contributed by atoms with E-state index < -0.39 is 0 Å². The van der Waals surface area contributed by atoms with E-state index in [9.17, 15) is 4.11 Å². The molecule has 8 aromatic carbocycles. The molecule has 0 fully saturated rings. The van der Waals surface area contributed by atoms with Crippen molar-refractivity contribution < 1.29 is 4.11 Å². The third kappa shape index (κ3) is 4.43. The maximum absolute atomic E-state index is 10.0. The molecule has 0 aliphatic rings. The van der Waals surface area contributed by atoms with Gasteiger partial charge in [0.25, 0.3) is 0 Å². The van der Waals surface area contributed by atoms with Crippen LogP contribution >= 0.6 is 0 Å². The van der Waals surface area contributed by atoms with Gasteiger partial charge in [-0.2, -0.15) is 0 Å². The fourth-order valence-electron chi connectivity index (χ4n) is 7.62. The van der Waals surface area contributed by atoms with Gasteiger partial charge in [0, 0.05) is 32.8 Å². The summed E-state index contributed by atoms with van der Waals surface area (Å²) in [5.41, 5.74) is 10.9. The molecule has 0 radical (unpaired) electrons. The first-order valence-electron chi connectivity index (χ1n) is 18.5. The number of fused-ring (bicyclic) bond motifs is 6. The van der Waals surface area contributed by atoms with Gasteiger partial charge in [-0.25, -0.2) is 0 Å². The Morgan fingerprint density at radius 1 is 0.360 bits per heavy atom. The lowest BCUT2D eigenvalue weighted by Gasteiger charge is -2.14. The van der Waals surface area contributed by atoms with Crippen LogP contribution in [-0.4, -0.2) is 9.13 Å². The predicted molar refractivity (Wildman–Crippen MR) is 211 cm³/mol. The predicted octanol–water partition coefficient (Wildman–Crippen LogP) is 12.9. The summed E-state index contributed by atoms with van der Waals surface area (Å²) in [5.74, 6) is 0. The van der Waals surface area contributed by atoms with Gasteiger partial charge < -0.3 is 9.13 Å². The molecule has 2 aromatic heterocycles. The molecule has 0 saturated heterocycles. The standard InChI is InChI=1S/C48H32N2/c1-4-15-33(16-5-1)38-21-10-12-24-43(38)50-46-30-28-36(32-42(46)48-39(23-14-26-47(48)50)34-17-6-2-7-18-34)35-27-29-45-41(31-35)40-22-11-13-25-44(40)49(45)37-19-8-3-9-20-37/h1-32H/i28D,30D,32D. The van der Waals surface area contributed by atoms with Crippen molar-refractivity contribution in [2.45, 2.75) is 0 Å². The Morgan fingerprint density at radius 3 is 1.78 bits per heavy atom. The molecule has 0 spiro atoms. The number of hydrogen-bond donors (Lipinski definition) is 0. The topological polar surface area (TPSA) is 9.86 Å². The van der Waals surface area contributed by atoms with E-state index in [1.54, 1.807) is 0 Å². The quantitative estimate of drug-likeness (QED) is 0.177. The van der Waals surface area contributed by atoms with Crippen LogP contribution in [0, 0.1) is 0 Å². The number of nitrogens with zero attached hydrogens (tertiary/aromatic N) is 2. The minimum atomic E-state index is 0.0381. The van der Waals surface area contributed by atoms with Crippen LogP contribution in [0.1, 0.15) is 4.11 Å². The third-order valence-corrected chi connectivity index (χ3v) is 9.84. The second-order valence-electron chi connectivity index (χ2n) is 12.7. The van der Waals surface area contributed by atoms with Crippen LogP contribution in [0.4, 0.5) is 0 Å². The summed E-state index contributed by atoms with van der Waals surface area (Å²) in [7, 11) is 0.